The van der Waals surface area contributed by atoms with Crippen molar-refractivity contribution in [2.24, 2.45) is 0 Å². The van der Waals surface area contributed by atoms with Gasteiger partial charge < -0.3 is 14.8 Å². The largest absolute Gasteiger partial charge is 0.493 e. The first-order valence-electron chi connectivity index (χ1n) is 11.1. The number of methoxy groups -OCH3 is 2. The zero-order valence-electron chi connectivity index (χ0n) is 20.2. The highest BCUT2D eigenvalue weighted by atomic mass is 16.5. The number of hydrogen-bond donors (Lipinski definition) is 2. The Hall–Kier alpha value is -4.66. The summed E-state index contributed by atoms with van der Waals surface area (Å²) in [6.45, 7) is 1.41. The molecule has 0 radical (unpaired) electrons. The minimum Gasteiger partial charge on any atom is -0.493 e. The van der Waals surface area contributed by atoms with E-state index in [9.17, 15) is 19.2 Å². The first-order valence-corrected chi connectivity index (χ1v) is 11.1. The Bertz CT molecular complexity index is 1240. The second kappa shape index (κ2) is 12.2. The van der Waals surface area contributed by atoms with Gasteiger partial charge in [0.05, 0.1) is 25.6 Å². The van der Waals surface area contributed by atoms with Crippen molar-refractivity contribution in [3.63, 3.8) is 0 Å². The van der Waals surface area contributed by atoms with Crippen molar-refractivity contribution in [3.8, 4) is 11.5 Å². The molecular weight excluding hydrogens is 462 g/mol. The van der Waals surface area contributed by atoms with Crippen LogP contribution < -0.4 is 25.2 Å². The van der Waals surface area contributed by atoms with Gasteiger partial charge in [0.25, 0.3) is 5.91 Å². The molecule has 0 unspecified atom stereocenters. The number of rotatable bonds is 11. The van der Waals surface area contributed by atoms with Gasteiger partial charge in [-0.3, -0.25) is 24.6 Å². The fraction of sp³-hybridized carbons (Fsp3) is 0.185. The number of carbonyl (C=O) groups excluding carboxylic acids is 4. The molecule has 0 spiro atoms. The van der Waals surface area contributed by atoms with Gasteiger partial charge in [0.15, 0.2) is 17.3 Å². The summed E-state index contributed by atoms with van der Waals surface area (Å²) in [6, 6.07) is 18.5. The number of Topliss-reactive ketones (excluding diaryl/α,β-unsaturated/α-hetero) is 1. The predicted octanol–water partition coefficient (Wildman–Crippen LogP) is 3.79. The van der Waals surface area contributed by atoms with Gasteiger partial charge >= 0.3 is 0 Å². The van der Waals surface area contributed by atoms with Gasteiger partial charge in [-0.05, 0) is 49.2 Å². The molecular formula is C27H27N3O6. The molecule has 0 saturated heterocycles. The molecule has 2 N–H and O–H groups in total. The number of ketones is 1. The summed E-state index contributed by atoms with van der Waals surface area (Å²) >= 11 is 0. The number of ether oxygens (including phenoxy) is 2. The van der Waals surface area contributed by atoms with Crippen molar-refractivity contribution in [3.05, 3.63) is 83.4 Å². The lowest BCUT2D eigenvalue weighted by molar-refractivity contribution is -0.116. The highest BCUT2D eigenvalue weighted by Gasteiger charge is 2.16. The molecule has 186 valence electrons. The molecule has 36 heavy (non-hydrogen) atoms. The standard InChI is InChI=1S/C27H27N3O6/c1-18(32)22-15-24(35-2)25(36-3)16-23(22)28-26(33)14-11-19-9-12-21(13-10-19)30(17-31)29-27(34)20-7-5-4-6-8-20/h4-10,12-13,15-17H,11,14H2,1-3H3,(H,28,33)(H,29,34). The quantitative estimate of drug-likeness (QED) is 0.241. The Balaban J connectivity index is 1.62. The Labute approximate surface area is 209 Å². The van der Waals surface area contributed by atoms with Crippen LogP contribution in [0.4, 0.5) is 11.4 Å². The van der Waals surface area contributed by atoms with E-state index in [1.54, 1.807) is 60.7 Å². The van der Waals surface area contributed by atoms with E-state index in [4.69, 9.17) is 9.47 Å². The number of nitrogens with zero attached hydrogens (tertiary/aromatic N) is 1. The molecule has 0 bridgehead atoms. The van der Waals surface area contributed by atoms with Crippen molar-refractivity contribution in [2.75, 3.05) is 24.5 Å². The van der Waals surface area contributed by atoms with Crippen LogP contribution in [0.3, 0.4) is 0 Å². The number of benzene rings is 3. The second-order valence-electron chi connectivity index (χ2n) is 7.81. The topological polar surface area (TPSA) is 114 Å². The summed E-state index contributed by atoms with van der Waals surface area (Å²) in [6.07, 6.45) is 1.10. The summed E-state index contributed by atoms with van der Waals surface area (Å²) in [7, 11) is 2.94. The predicted molar refractivity (Wildman–Crippen MR) is 135 cm³/mol. The van der Waals surface area contributed by atoms with Crippen LogP contribution in [0.25, 0.3) is 0 Å². The normalized spacial score (nSPS) is 10.2. The molecule has 0 aliphatic heterocycles. The van der Waals surface area contributed by atoms with E-state index in [2.05, 4.69) is 10.7 Å². The molecule has 0 saturated carbocycles. The van der Waals surface area contributed by atoms with Gasteiger partial charge in [-0.2, -0.15) is 0 Å². The maximum Gasteiger partial charge on any atom is 0.270 e. The number of nitrogens with one attached hydrogen (secondary N) is 2. The van der Waals surface area contributed by atoms with Crippen molar-refractivity contribution in [2.45, 2.75) is 19.8 Å². The van der Waals surface area contributed by atoms with Crippen LogP contribution in [0, 0.1) is 0 Å². The van der Waals surface area contributed by atoms with E-state index >= 15 is 0 Å². The number of anilines is 2. The van der Waals surface area contributed by atoms with Gasteiger partial charge in [-0.1, -0.05) is 30.3 Å². The first-order chi connectivity index (χ1) is 17.4. The smallest absolute Gasteiger partial charge is 0.270 e. The summed E-state index contributed by atoms with van der Waals surface area (Å²) in [5.41, 5.74) is 4.96. The lowest BCUT2D eigenvalue weighted by atomic mass is 10.1. The second-order valence-corrected chi connectivity index (χ2v) is 7.81. The minimum atomic E-state index is -0.413. The molecule has 0 aliphatic rings. The molecule has 3 aromatic rings. The van der Waals surface area contributed by atoms with Crippen LogP contribution in [0.2, 0.25) is 0 Å². The summed E-state index contributed by atoms with van der Waals surface area (Å²) in [5, 5.41) is 3.86. The average molecular weight is 490 g/mol. The molecule has 0 heterocycles. The van der Waals surface area contributed by atoms with Gasteiger partial charge in [-0.25, -0.2) is 5.01 Å². The summed E-state index contributed by atoms with van der Waals surface area (Å²) < 4.78 is 10.5. The van der Waals surface area contributed by atoms with Gasteiger partial charge in [0, 0.05) is 23.6 Å². The van der Waals surface area contributed by atoms with Crippen LogP contribution in [-0.2, 0) is 16.0 Å². The zero-order chi connectivity index (χ0) is 26.1. The Kier molecular flexibility index (Phi) is 8.77. The van der Waals surface area contributed by atoms with Crippen molar-refractivity contribution < 1.29 is 28.7 Å². The van der Waals surface area contributed by atoms with Crippen molar-refractivity contribution >= 4 is 35.4 Å². The van der Waals surface area contributed by atoms with E-state index < -0.39 is 5.91 Å². The van der Waals surface area contributed by atoms with Gasteiger partial charge in [-0.15, -0.1) is 0 Å². The molecule has 3 amide bonds. The third kappa shape index (κ3) is 6.47. The Morgan fingerprint density at radius 3 is 2.14 bits per heavy atom. The number of amides is 3. The first kappa shape index (κ1) is 26.0. The monoisotopic (exact) mass is 489 g/mol. The zero-order valence-corrected chi connectivity index (χ0v) is 20.2. The number of carbonyl (C=O) groups is 4. The molecule has 9 nitrogen and oxygen atoms in total. The van der Waals surface area contributed by atoms with Gasteiger partial charge in [0.2, 0.25) is 12.3 Å². The van der Waals surface area contributed by atoms with Crippen molar-refractivity contribution in [1.29, 1.82) is 0 Å². The van der Waals surface area contributed by atoms with Gasteiger partial charge in [0.1, 0.15) is 0 Å². The fourth-order valence-corrected chi connectivity index (χ4v) is 3.48. The maximum atomic E-state index is 12.6. The van der Waals surface area contributed by atoms with Crippen molar-refractivity contribution in [1.82, 2.24) is 5.43 Å². The molecule has 0 aromatic heterocycles. The summed E-state index contributed by atoms with van der Waals surface area (Å²) in [5.74, 6) is -0.125. The van der Waals surface area contributed by atoms with Crippen LogP contribution >= 0.6 is 0 Å². The molecule has 0 aliphatic carbocycles. The molecule has 3 aromatic carbocycles. The van der Waals surface area contributed by atoms with Crippen LogP contribution in [0.5, 0.6) is 11.5 Å². The van der Waals surface area contributed by atoms with E-state index in [0.717, 1.165) is 10.6 Å². The molecule has 0 fully saturated rings. The molecule has 0 atom stereocenters. The Morgan fingerprint density at radius 1 is 0.917 bits per heavy atom. The SMILES string of the molecule is COc1cc(NC(=O)CCc2ccc(N(C=O)NC(=O)c3ccccc3)cc2)c(C(C)=O)cc1OC. The number of aryl methyl sites for hydroxylation is 1. The lowest BCUT2D eigenvalue weighted by Crippen LogP contribution is -2.41. The Morgan fingerprint density at radius 2 is 1.56 bits per heavy atom. The van der Waals surface area contributed by atoms with E-state index in [1.807, 2.05) is 0 Å². The number of hydrogen-bond acceptors (Lipinski definition) is 6. The average Bonchev–Trinajstić information content (AvgIpc) is 2.90. The van der Waals surface area contributed by atoms with E-state index in [1.165, 1.54) is 27.2 Å². The highest BCUT2D eigenvalue weighted by molar-refractivity contribution is 6.04. The minimum absolute atomic E-state index is 0.160. The lowest BCUT2D eigenvalue weighted by Gasteiger charge is -2.18. The van der Waals surface area contributed by atoms with Crippen LogP contribution in [0.1, 0.15) is 39.6 Å². The van der Waals surface area contributed by atoms with E-state index in [0.29, 0.717) is 46.8 Å². The molecule has 3 rings (SSSR count). The van der Waals surface area contributed by atoms with Crippen LogP contribution in [0.15, 0.2) is 66.7 Å². The maximum absolute atomic E-state index is 12.6. The third-order valence-electron chi connectivity index (χ3n) is 5.40. The third-order valence-corrected chi connectivity index (χ3v) is 5.40. The highest BCUT2D eigenvalue weighted by Crippen LogP contribution is 2.33. The van der Waals surface area contributed by atoms with E-state index in [-0.39, 0.29) is 18.1 Å². The molecule has 9 heteroatoms. The van der Waals surface area contributed by atoms with Crippen LogP contribution in [-0.4, -0.2) is 38.2 Å². The number of hydrazine groups is 1. The summed E-state index contributed by atoms with van der Waals surface area (Å²) in [4.78, 5) is 48.5. The fourth-order valence-electron chi connectivity index (χ4n) is 3.48.